The van der Waals surface area contributed by atoms with Gasteiger partial charge in [-0.25, -0.2) is 4.39 Å². The number of halogens is 1. The van der Waals surface area contributed by atoms with Crippen molar-refractivity contribution in [3.05, 3.63) is 35.1 Å². The van der Waals surface area contributed by atoms with E-state index in [2.05, 4.69) is 0 Å². The summed E-state index contributed by atoms with van der Waals surface area (Å²) in [6.45, 7) is 3.45. The number of rotatable bonds is 2. The lowest BCUT2D eigenvalue weighted by Gasteiger charge is -2.22. The highest BCUT2D eigenvalue weighted by atomic mass is 19.1. The van der Waals surface area contributed by atoms with E-state index in [0.717, 1.165) is 5.56 Å². The van der Waals surface area contributed by atoms with Gasteiger partial charge in [0.05, 0.1) is 6.61 Å². The average Bonchev–Trinajstić information content (AvgIpc) is 2.01. The second-order valence-corrected chi connectivity index (χ2v) is 3.68. The molecule has 0 saturated heterocycles. The van der Waals surface area contributed by atoms with Gasteiger partial charge in [-0.3, -0.25) is 0 Å². The van der Waals surface area contributed by atoms with Gasteiger partial charge in [0, 0.05) is 5.54 Å². The van der Waals surface area contributed by atoms with Crippen LogP contribution in [0.15, 0.2) is 18.2 Å². The molecule has 0 amide bonds. The molecule has 0 atom stereocenters. The molecule has 0 aliphatic rings. The van der Waals surface area contributed by atoms with Crippen molar-refractivity contribution < 1.29 is 9.50 Å². The van der Waals surface area contributed by atoms with Crippen LogP contribution in [-0.2, 0) is 12.1 Å². The van der Waals surface area contributed by atoms with Crippen LogP contribution in [0.25, 0.3) is 0 Å². The molecular weight excluding hydrogens is 169 g/mol. The third-order valence-corrected chi connectivity index (χ3v) is 1.93. The maximum absolute atomic E-state index is 12.8. The zero-order chi connectivity index (χ0) is 10.1. The first kappa shape index (κ1) is 10.2. The fraction of sp³-hybridized carbons (Fsp3) is 0.400. The summed E-state index contributed by atoms with van der Waals surface area (Å²) in [6, 6.07) is 4.27. The molecule has 0 fully saturated rings. The molecule has 1 rings (SSSR count). The summed E-state index contributed by atoms with van der Waals surface area (Å²) in [5.41, 5.74) is 6.62. The van der Waals surface area contributed by atoms with Gasteiger partial charge in [-0.15, -0.1) is 0 Å². The molecule has 3 heteroatoms. The van der Waals surface area contributed by atoms with Crippen LogP contribution < -0.4 is 5.73 Å². The van der Waals surface area contributed by atoms with Crippen molar-refractivity contribution in [3.63, 3.8) is 0 Å². The summed E-state index contributed by atoms with van der Waals surface area (Å²) in [5.74, 6) is -0.350. The molecule has 0 heterocycles. The zero-order valence-corrected chi connectivity index (χ0v) is 7.84. The maximum Gasteiger partial charge on any atom is 0.123 e. The molecule has 0 aromatic heterocycles. The Bertz CT molecular complexity index is 304. The number of aliphatic hydroxyl groups is 1. The highest BCUT2D eigenvalue weighted by molar-refractivity contribution is 5.32. The molecule has 0 aliphatic heterocycles. The van der Waals surface area contributed by atoms with Gasteiger partial charge in [-0.2, -0.15) is 0 Å². The monoisotopic (exact) mass is 183 g/mol. The van der Waals surface area contributed by atoms with E-state index in [0.29, 0.717) is 5.56 Å². The molecule has 13 heavy (non-hydrogen) atoms. The van der Waals surface area contributed by atoms with E-state index in [-0.39, 0.29) is 12.4 Å². The summed E-state index contributed by atoms with van der Waals surface area (Å²) < 4.78 is 12.8. The van der Waals surface area contributed by atoms with Gasteiger partial charge in [-0.05, 0) is 37.1 Å². The van der Waals surface area contributed by atoms with Crippen molar-refractivity contribution in [1.29, 1.82) is 0 Å². The molecule has 1 aromatic carbocycles. The average molecular weight is 183 g/mol. The highest BCUT2D eigenvalue weighted by Gasteiger charge is 2.17. The highest BCUT2D eigenvalue weighted by Crippen LogP contribution is 2.22. The van der Waals surface area contributed by atoms with Crippen LogP contribution in [0.1, 0.15) is 25.0 Å². The van der Waals surface area contributed by atoms with Crippen LogP contribution in [0.3, 0.4) is 0 Å². The number of aliphatic hydroxyl groups excluding tert-OH is 1. The van der Waals surface area contributed by atoms with Gasteiger partial charge < -0.3 is 10.8 Å². The molecule has 0 aliphatic carbocycles. The zero-order valence-electron chi connectivity index (χ0n) is 7.84. The van der Waals surface area contributed by atoms with E-state index in [4.69, 9.17) is 10.8 Å². The van der Waals surface area contributed by atoms with Crippen molar-refractivity contribution in [3.8, 4) is 0 Å². The number of nitrogens with two attached hydrogens (primary N) is 1. The van der Waals surface area contributed by atoms with Crippen LogP contribution in [0, 0.1) is 5.82 Å². The minimum atomic E-state index is -0.550. The number of hydrogen-bond donors (Lipinski definition) is 2. The van der Waals surface area contributed by atoms with Gasteiger partial charge in [0.15, 0.2) is 0 Å². The van der Waals surface area contributed by atoms with Crippen LogP contribution in [0.4, 0.5) is 4.39 Å². The van der Waals surface area contributed by atoms with Crippen LogP contribution in [0.2, 0.25) is 0 Å². The largest absolute Gasteiger partial charge is 0.392 e. The predicted molar refractivity (Wildman–Crippen MR) is 49.5 cm³/mol. The molecule has 0 radical (unpaired) electrons. The summed E-state index contributed by atoms with van der Waals surface area (Å²) >= 11 is 0. The second-order valence-electron chi connectivity index (χ2n) is 3.68. The Balaban J connectivity index is 3.22. The van der Waals surface area contributed by atoms with Crippen LogP contribution in [-0.4, -0.2) is 5.11 Å². The Hall–Kier alpha value is -0.930. The number of hydrogen-bond acceptors (Lipinski definition) is 2. The Morgan fingerprint density at radius 3 is 2.54 bits per heavy atom. The first-order chi connectivity index (χ1) is 5.95. The SMILES string of the molecule is CC(C)(N)c1ccc(F)cc1CO. The van der Waals surface area contributed by atoms with Gasteiger partial charge in [-0.1, -0.05) is 6.07 Å². The summed E-state index contributed by atoms with van der Waals surface area (Å²) in [5, 5.41) is 8.98. The molecule has 0 spiro atoms. The van der Waals surface area contributed by atoms with E-state index < -0.39 is 5.54 Å². The van der Waals surface area contributed by atoms with Gasteiger partial charge >= 0.3 is 0 Å². The molecule has 3 N–H and O–H groups in total. The summed E-state index contributed by atoms with van der Waals surface area (Å²) in [7, 11) is 0. The fourth-order valence-corrected chi connectivity index (χ4v) is 1.32. The van der Waals surface area contributed by atoms with Crippen LogP contribution >= 0.6 is 0 Å². The lowest BCUT2D eigenvalue weighted by atomic mass is 9.91. The number of benzene rings is 1. The normalized spacial score (nSPS) is 11.8. The second kappa shape index (κ2) is 3.44. The third kappa shape index (κ3) is 2.26. The fourth-order valence-electron chi connectivity index (χ4n) is 1.32. The van der Waals surface area contributed by atoms with Crippen molar-refractivity contribution in [1.82, 2.24) is 0 Å². The molecule has 72 valence electrons. The Morgan fingerprint density at radius 1 is 1.46 bits per heavy atom. The van der Waals surface area contributed by atoms with Crippen LogP contribution in [0.5, 0.6) is 0 Å². The van der Waals surface area contributed by atoms with Gasteiger partial charge in [0.1, 0.15) is 5.82 Å². The van der Waals surface area contributed by atoms with E-state index in [1.165, 1.54) is 12.1 Å². The first-order valence-corrected chi connectivity index (χ1v) is 4.14. The minimum absolute atomic E-state index is 0.187. The van der Waals surface area contributed by atoms with Gasteiger partial charge in [0.2, 0.25) is 0 Å². The molecule has 0 unspecified atom stereocenters. The Kier molecular flexibility index (Phi) is 2.68. The van der Waals surface area contributed by atoms with E-state index in [9.17, 15) is 4.39 Å². The standard InChI is InChI=1S/C10H14FNO/c1-10(2,12)9-4-3-8(11)5-7(9)6-13/h3-5,13H,6,12H2,1-2H3. The summed E-state index contributed by atoms with van der Waals surface area (Å²) in [6.07, 6.45) is 0. The lowest BCUT2D eigenvalue weighted by Crippen LogP contribution is -2.30. The molecule has 2 nitrogen and oxygen atoms in total. The quantitative estimate of drug-likeness (QED) is 0.730. The predicted octanol–water partition coefficient (Wildman–Crippen LogP) is 1.51. The van der Waals surface area contributed by atoms with E-state index >= 15 is 0 Å². The van der Waals surface area contributed by atoms with Crippen molar-refractivity contribution in [2.45, 2.75) is 26.0 Å². The third-order valence-electron chi connectivity index (χ3n) is 1.93. The van der Waals surface area contributed by atoms with Crippen molar-refractivity contribution in [2.24, 2.45) is 5.73 Å². The topological polar surface area (TPSA) is 46.2 Å². The summed E-state index contributed by atoms with van der Waals surface area (Å²) in [4.78, 5) is 0. The smallest absolute Gasteiger partial charge is 0.123 e. The van der Waals surface area contributed by atoms with Crippen molar-refractivity contribution >= 4 is 0 Å². The molecule has 0 saturated carbocycles. The van der Waals surface area contributed by atoms with E-state index in [1.807, 2.05) is 13.8 Å². The Labute approximate surface area is 77.2 Å². The Morgan fingerprint density at radius 2 is 2.08 bits per heavy atom. The van der Waals surface area contributed by atoms with Crippen molar-refractivity contribution in [2.75, 3.05) is 0 Å². The minimum Gasteiger partial charge on any atom is -0.392 e. The molecule has 1 aromatic rings. The molecule has 0 bridgehead atoms. The maximum atomic E-state index is 12.8. The van der Waals surface area contributed by atoms with Gasteiger partial charge in [0.25, 0.3) is 0 Å². The molecular formula is C10H14FNO. The van der Waals surface area contributed by atoms with E-state index in [1.54, 1.807) is 6.07 Å². The lowest BCUT2D eigenvalue weighted by molar-refractivity contribution is 0.277. The first-order valence-electron chi connectivity index (χ1n) is 4.14.